The standard InChI is InChI=1S/C14H20N2O2/c1-15-14(17)10-18-13-7-3-6-12(8-13)16-9-11-4-2-5-11/h3,6-8,11,16H,2,4-5,9-10H2,1H3,(H,15,17). The van der Waals surface area contributed by atoms with Crippen LogP contribution in [0.5, 0.6) is 5.75 Å². The first-order valence-corrected chi connectivity index (χ1v) is 6.45. The number of anilines is 1. The van der Waals surface area contributed by atoms with E-state index in [1.165, 1.54) is 19.3 Å². The van der Waals surface area contributed by atoms with E-state index in [4.69, 9.17) is 4.74 Å². The molecule has 0 aliphatic heterocycles. The lowest BCUT2D eigenvalue weighted by Crippen LogP contribution is -2.24. The minimum Gasteiger partial charge on any atom is -0.484 e. The van der Waals surface area contributed by atoms with Crippen molar-refractivity contribution in [1.82, 2.24) is 5.32 Å². The Morgan fingerprint density at radius 3 is 2.94 bits per heavy atom. The molecule has 1 aromatic rings. The van der Waals surface area contributed by atoms with Crippen LogP contribution < -0.4 is 15.4 Å². The lowest BCUT2D eigenvalue weighted by atomic mass is 9.85. The molecule has 1 fully saturated rings. The molecule has 4 heteroatoms. The van der Waals surface area contributed by atoms with Crippen LogP contribution in [0.3, 0.4) is 0 Å². The van der Waals surface area contributed by atoms with Gasteiger partial charge in [-0.05, 0) is 30.9 Å². The summed E-state index contributed by atoms with van der Waals surface area (Å²) in [6.45, 7) is 1.08. The molecule has 4 nitrogen and oxygen atoms in total. The van der Waals surface area contributed by atoms with Crippen LogP contribution in [0.2, 0.25) is 0 Å². The average Bonchev–Trinajstić information content (AvgIpc) is 2.34. The summed E-state index contributed by atoms with van der Waals surface area (Å²) in [4.78, 5) is 11.1. The molecule has 0 atom stereocenters. The van der Waals surface area contributed by atoms with Gasteiger partial charge in [-0.2, -0.15) is 0 Å². The second-order valence-corrected chi connectivity index (χ2v) is 4.67. The normalized spacial score (nSPS) is 14.7. The van der Waals surface area contributed by atoms with Gasteiger partial charge in [-0.3, -0.25) is 4.79 Å². The fraction of sp³-hybridized carbons (Fsp3) is 0.500. The first kappa shape index (κ1) is 12.7. The highest BCUT2D eigenvalue weighted by Crippen LogP contribution is 2.27. The maximum absolute atomic E-state index is 11.1. The molecule has 98 valence electrons. The first-order chi connectivity index (χ1) is 8.78. The molecular weight excluding hydrogens is 228 g/mol. The highest BCUT2D eigenvalue weighted by atomic mass is 16.5. The summed E-state index contributed by atoms with van der Waals surface area (Å²) in [6.07, 6.45) is 4.03. The van der Waals surface area contributed by atoms with E-state index in [1.54, 1.807) is 7.05 Å². The van der Waals surface area contributed by atoms with Crippen LogP contribution >= 0.6 is 0 Å². The van der Waals surface area contributed by atoms with E-state index in [2.05, 4.69) is 10.6 Å². The van der Waals surface area contributed by atoms with E-state index in [0.29, 0.717) is 0 Å². The van der Waals surface area contributed by atoms with Crippen LogP contribution in [0.25, 0.3) is 0 Å². The van der Waals surface area contributed by atoms with E-state index < -0.39 is 0 Å². The quantitative estimate of drug-likeness (QED) is 0.810. The molecule has 2 N–H and O–H groups in total. The van der Waals surface area contributed by atoms with Gasteiger partial charge in [-0.1, -0.05) is 12.5 Å². The number of rotatable bonds is 6. The van der Waals surface area contributed by atoms with Gasteiger partial charge in [0.15, 0.2) is 6.61 Å². The van der Waals surface area contributed by atoms with E-state index in [9.17, 15) is 4.79 Å². The number of carbonyl (C=O) groups excluding carboxylic acids is 1. The van der Waals surface area contributed by atoms with Crippen molar-refractivity contribution in [3.63, 3.8) is 0 Å². The third-order valence-corrected chi connectivity index (χ3v) is 3.30. The summed E-state index contributed by atoms with van der Waals surface area (Å²) in [5, 5.41) is 5.93. The maximum Gasteiger partial charge on any atom is 0.257 e. The van der Waals surface area contributed by atoms with Crippen molar-refractivity contribution >= 4 is 11.6 Å². The number of hydrogen-bond donors (Lipinski definition) is 2. The number of benzene rings is 1. The van der Waals surface area contributed by atoms with Crippen molar-refractivity contribution in [2.75, 3.05) is 25.5 Å². The van der Waals surface area contributed by atoms with Crippen LogP contribution in [-0.2, 0) is 4.79 Å². The van der Waals surface area contributed by atoms with Crippen LogP contribution in [0.1, 0.15) is 19.3 Å². The van der Waals surface area contributed by atoms with Gasteiger partial charge in [0, 0.05) is 25.3 Å². The van der Waals surface area contributed by atoms with Crippen molar-refractivity contribution < 1.29 is 9.53 Å². The zero-order valence-corrected chi connectivity index (χ0v) is 10.7. The lowest BCUT2D eigenvalue weighted by molar-refractivity contribution is -0.122. The molecule has 1 aliphatic carbocycles. The zero-order chi connectivity index (χ0) is 12.8. The molecule has 0 heterocycles. The van der Waals surface area contributed by atoms with Gasteiger partial charge >= 0.3 is 0 Å². The van der Waals surface area contributed by atoms with Gasteiger partial charge < -0.3 is 15.4 Å². The summed E-state index contributed by atoms with van der Waals surface area (Å²) in [7, 11) is 1.60. The molecule has 0 aromatic heterocycles. The predicted octanol–water partition coefficient (Wildman–Crippen LogP) is 2.02. The fourth-order valence-electron chi connectivity index (χ4n) is 1.88. The smallest absolute Gasteiger partial charge is 0.257 e. The highest BCUT2D eigenvalue weighted by Gasteiger charge is 2.16. The number of likely N-dealkylation sites (N-methyl/N-ethyl adjacent to an activating group) is 1. The Hall–Kier alpha value is -1.71. The monoisotopic (exact) mass is 248 g/mol. The molecule has 18 heavy (non-hydrogen) atoms. The summed E-state index contributed by atoms with van der Waals surface area (Å²) < 4.78 is 5.39. The van der Waals surface area contributed by atoms with E-state index in [0.717, 1.165) is 23.9 Å². The molecule has 0 bridgehead atoms. The summed E-state index contributed by atoms with van der Waals surface area (Å²) >= 11 is 0. The molecule has 2 rings (SSSR count). The van der Waals surface area contributed by atoms with E-state index in [1.807, 2.05) is 24.3 Å². The third-order valence-electron chi connectivity index (χ3n) is 3.30. The number of hydrogen-bond acceptors (Lipinski definition) is 3. The van der Waals surface area contributed by atoms with Crippen molar-refractivity contribution in [2.24, 2.45) is 5.92 Å². The Morgan fingerprint density at radius 2 is 2.28 bits per heavy atom. The van der Waals surface area contributed by atoms with E-state index >= 15 is 0 Å². The van der Waals surface area contributed by atoms with Gasteiger partial charge in [-0.15, -0.1) is 0 Å². The first-order valence-electron chi connectivity index (χ1n) is 6.45. The number of ether oxygens (including phenoxy) is 1. The largest absolute Gasteiger partial charge is 0.484 e. The van der Waals surface area contributed by atoms with Gasteiger partial charge in [0.1, 0.15) is 5.75 Å². The van der Waals surface area contributed by atoms with Crippen molar-refractivity contribution in [2.45, 2.75) is 19.3 Å². The second-order valence-electron chi connectivity index (χ2n) is 4.67. The van der Waals surface area contributed by atoms with Crippen LogP contribution in [0.15, 0.2) is 24.3 Å². The van der Waals surface area contributed by atoms with Crippen molar-refractivity contribution in [3.8, 4) is 5.75 Å². The summed E-state index contributed by atoms with van der Waals surface area (Å²) in [5.74, 6) is 1.42. The van der Waals surface area contributed by atoms with Crippen LogP contribution in [0.4, 0.5) is 5.69 Å². The Bertz CT molecular complexity index is 403. The Morgan fingerprint density at radius 1 is 1.44 bits per heavy atom. The van der Waals surface area contributed by atoms with Gasteiger partial charge in [0.2, 0.25) is 0 Å². The van der Waals surface area contributed by atoms with Crippen molar-refractivity contribution in [1.29, 1.82) is 0 Å². The number of carbonyl (C=O) groups is 1. The zero-order valence-electron chi connectivity index (χ0n) is 10.7. The van der Waals surface area contributed by atoms with E-state index in [-0.39, 0.29) is 12.5 Å². The average molecular weight is 248 g/mol. The molecule has 0 saturated heterocycles. The molecule has 1 amide bonds. The molecule has 0 spiro atoms. The number of amides is 1. The molecule has 1 aliphatic rings. The van der Waals surface area contributed by atoms with Crippen molar-refractivity contribution in [3.05, 3.63) is 24.3 Å². The summed E-state index contributed by atoms with van der Waals surface area (Å²) in [6, 6.07) is 7.74. The lowest BCUT2D eigenvalue weighted by Gasteiger charge is -2.25. The third kappa shape index (κ3) is 3.65. The molecule has 1 aromatic carbocycles. The van der Waals surface area contributed by atoms with Gasteiger partial charge in [0.05, 0.1) is 0 Å². The minimum atomic E-state index is -0.122. The minimum absolute atomic E-state index is 0.0581. The highest BCUT2D eigenvalue weighted by molar-refractivity contribution is 5.77. The Kier molecular flexibility index (Phi) is 4.45. The Labute approximate surface area is 108 Å². The molecule has 1 saturated carbocycles. The SMILES string of the molecule is CNC(=O)COc1cccc(NCC2CCC2)c1. The topological polar surface area (TPSA) is 50.4 Å². The fourth-order valence-corrected chi connectivity index (χ4v) is 1.88. The molecular formula is C14H20N2O2. The van der Waals surface area contributed by atoms with Gasteiger partial charge in [-0.25, -0.2) is 0 Å². The van der Waals surface area contributed by atoms with Crippen LogP contribution in [0, 0.1) is 5.92 Å². The molecule has 0 radical (unpaired) electrons. The Balaban J connectivity index is 1.81. The predicted molar refractivity (Wildman–Crippen MR) is 71.8 cm³/mol. The van der Waals surface area contributed by atoms with Gasteiger partial charge in [0.25, 0.3) is 5.91 Å². The van der Waals surface area contributed by atoms with Crippen LogP contribution in [-0.4, -0.2) is 26.1 Å². The second kappa shape index (κ2) is 6.28. The summed E-state index contributed by atoms with van der Waals surface area (Å²) in [5.41, 5.74) is 1.05. The maximum atomic E-state index is 11.1. The molecule has 0 unspecified atom stereocenters. The number of nitrogens with one attached hydrogen (secondary N) is 2.